The Bertz CT molecular complexity index is 424. The molecular weight excluding hydrogens is 238 g/mol. The number of aromatic nitrogens is 1. The van der Waals surface area contributed by atoms with Crippen molar-refractivity contribution in [1.29, 1.82) is 0 Å². The van der Waals surface area contributed by atoms with E-state index in [1.54, 1.807) is 12.4 Å². The molecule has 1 aromatic heterocycles. The van der Waals surface area contributed by atoms with Gasteiger partial charge in [-0.25, -0.2) is 0 Å². The third-order valence-corrected chi connectivity index (χ3v) is 4.17. The molecule has 1 aliphatic heterocycles. The summed E-state index contributed by atoms with van der Waals surface area (Å²) in [6.45, 7) is 1.92. The highest BCUT2D eigenvalue weighted by Crippen LogP contribution is 2.41. The van der Waals surface area contributed by atoms with Gasteiger partial charge in [-0.05, 0) is 62.4 Å². The van der Waals surface area contributed by atoms with E-state index in [1.807, 2.05) is 12.1 Å². The van der Waals surface area contributed by atoms with Crippen molar-refractivity contribution >= 4 is 5.91 Å². The first-order chi connectivity index (χ1) is 9.34. The lowest BCUT2D eigenvalue weighted by Crippen LogP contribution is -2.40. The third kappa shape index (κ3) is 3.13. The molecule has 1 atom stereocenters. The van der Waals surface area contributed by atoms with Crippen LogP contribution >= 0.6 is 0 Å². The number of nitrogens with zero attached hydrogens (tertiary/aromatic N) is 1. The number of hydrogen-bond acceptors (Lipinski definition) is 3. The van der Waals surface area contributed by atoms with E-state index in [0.717, 1.165) is 25.9 Å². The zero-order valence-corrected chi connectivity index (χ0v) is 11.1. The van der Waals surface area contributed by atoms with E-state index >= 15 is 0 Å². The van der Waals surface area contributed by atoms with Gasteiger partial charge in [0.25, 0.3) is 0 Å². The van der Waals surface area contributed by atoms with Gasteiger partial charge in [0.1, 0.15) is 0 Å². The molecule has 2 heterocycles. The van der Waals surface area contributed by atoms with Crippen molar-refractivity contribution < 1.29 is 4.79 Å². The minimum absolute atomic E-state index is 0.185. The SMILES string of the molecule is O=C(NC(c1ccncc1)C1CC1)C1CCNCC1. The van der Waals surface area contributed by atoms with Crippen LogP contribution in [0.3, 0.4) is 0 Å². The Morgan fingerprint density at radius 1 is 1.21 bits per heavy atom. The number of piperidine rings is 1. The van der Waals surface area contributed by atoms with E-state index in [2.05, 4.69) is 15.6 Å². The summed E-state index contributed by atoms with van der Waals surface area (Å²) in [5.41, 5.74) is 1.19. The quantitative estimate of drug-likeness (QED) is 0.864. The summed E-state index contributed by atoms with van der Waals surface area (Å²) < 4.78 is 0. The molecule has 0 radical (unpaired) electrons. The van der Waals surface area contributed by atoms with E-state index in [4.69, 9.17) is 0 Å². The van der Waals surface area contributed by atoms with E-state index < -0.39 is 0 Å². The van der Waals surface area contributed by atoms with Crippen LogP contribution in [0.4, 0.5) is 0 Å². The van der Waals surface area contributed by atoms with E-state index in [-0.39, 0.29) is 17.9 Å². The van der Waals surface area contributed by atoms with Gasteiger partial charge in [0.15, 0.2) is 0 Å². The summed E-state index contributed by atoms with van der Waals surface area (Å²) in [5, 5.41) is 6.57. The molecule has 1 aromatic rings. The highest BCUT2D eigenvalue weighted by atomic mass is 16.1. The number of pyridine rings is 1. The van der Waals surface area contributed by atoms with Gasteiger partial charge in [0, 0.05) is 18.3 Å². The molecule has 0 bridgehead atoms. The van der Waals surface area contributed by atoms with Gasteiger partial charge in [0.2, 0.25) is 5.91 Å². The van der Waals surface area contributed by atoms with Crippen molar-refractivity contribution in [3.8, 4) is 0 Å². The third-order valence-electron chi connectivity index (χ3n) is 4.17. The van der Waals surface area contributed by atoms with E-state index in [0.29, 0.717) is 5.92 Å². The van der Waals surface area contributed by atoms with Crippen LogP contribution in [0, 0.1) is 11.8 Å². The molecule has 2 fully saturated rings. The first kappa shape index (κ1) is 12.6. The summed E-state index contributed by atoms with van der Waals surface area (Å²) >= 11 is 0. The number of hydrogen-bond donors (Lipinski definition) is 2. The molecule has 1 aliphatic carbocycles. The van der Waals surface area contributed by atoms with E-state index in [9.17, 15) is 4.79 Å². The molecule has 2 aliphatic rings. The molecule has 0 spiro atoms. The van der Waals surface area contributed by atoms with Crippen LogP contribution in [0.2, 0.25) is 0 Å². The lowest BCUT2D eigenvalue weighted by Gasteiger charge is -2.25. The second-order valence-corrected chi connectivity index (χ2v) is 5.63. The molecule has 2 N–H and O–H groups in total. The molecule has 1 amide bonds. The van der Waals surface area contributed by atoms with Crippen molar-refractivity contribution in [2.75, 3.05) is 13.1 Å². The number of amides is 1. The minimum Gasteiger partial charge on any atom is -0.349 e. The Morgan fingerprint density at radius 2 is 1.89 bits per heavy atom. The maximum Gasteiger partial charge on any atom is 0.223 e. The Balaban J connectivity index is 1.66. The summed E-state index contributed by atoms with van der Waals surface area (Å²) in [4.78, 5) is 16.4. The molecule has 4 nitrogen and oxygen atoms in total. The zero-order chi connectivity index (χ0) is 13.1. The molecular formula is C15H21N3O. The summed E-state index contributed by atoms with van der Waals surface area (Å²) in [6.07, 6.45) is 7.97. The van der Waals surface area contributed by atoms with Crippen molar-refractivity contribution in [3.05, 3.63) is 30.1 Å². The number of rotatable bonds is 4. The first-order valence-corrected chi connectivity index (χ1v) is 7.25. The largest absolute Gasteiger partial charge is 0.349 e. The van der Waals surface area contributed by atoms with Crippen molar-refractivity contribution in [1.82, 2.24) is 15.6 Å². The molecule has 3 rings (SSSR count). The van der Waals surface area contributed by atoms with Gasteiger partial charge in [-0.2, -0.15) is 0 Å². The fourth-order valence-corrected chi connectivity index (χ4v) is 2.83. The lowest BCUT2D eigenvalue weighted by atomic mass is 9.95. The second kappa shape index (κ2) is 5.70. The van der Waals surface area contributed by atoms with Crippen LogP contribution in [0.15, 0.2) is 24.5 Å². The summed E-state index contributed by atoms with van der Waals surface area (Å²) in [6, 6.07) is 4.22. The Kier molecular flexibility index (Phi) is 3.78. The average Bonchev–Trinajstić information content (AvgIpc) is 3.31. The maximum absolute atomic E-state index is 12.4. The molecule has 1 saturated carbocycles. The van der Waals surface area contributed by atoms with Crippen LogP contribution < -0.4 is 10.6 Å². The van der Waals surface area contributed by atoms with Crippen molar-refractivity contribution in [2.45, 2.75) is 31.7 Å². The van der Waals surface area contributed by atoms with Crippen LogP contribution in [-0.4, -0.2) is 24.0 Å². The summed E-state index contributed by atoms with van der Waals surface area (Å²) in [7, 11) is 0. The van der Waals surface area contributed by atoms with Gasteiger partial charge >= 0.3 is 0 Å². The van der Waals surface area contributed by atoms with Gasteiger partial charge in [-0.3, -0.25) is 9.78 Å². The van der Waals surface area contributed by atoms with Gasteiger partial charge in [-0.15, -0.1) is 0 Å². The fourth-order valence-electron chi connectivity index (χ4n) is 2.83. The van der Waals surface area contributed by atoms with Crippen LogP contribution in [0.1, 0.15) is 37.3 Å². The molecule has 0 aromatic carbocycles. The summed E-state index contributed by atoms with van der Waals surface area (Å²) in [5.74, 6) is 1.03. The van der Waals surface area contributed by atoms with E-state index in [1.165, 1.54) is 18.4 Å². The van der Waals surface area contributed by atoms with Crippen LogP contribution in [0.25, 0.3) is 0 Å². The number of carbonyl (C=O) groups excluding carboxylic acids is 1. The minimum atomic E-state index is 0.185. The normalized spacial score (nSPS) is 21.9. The lowest BCUT2D eigenvalue weighted by molar-refractivity contribution is -0.126. The Hall–Kier alpha value is -1.42. The monoisotopic (exact) mass is 259 g/mol. The highest BCUT2D eigenvalue weighted by molar-refractivity contribution is 5.79. The molecule has 4 heteroatoms. The molecule has 1 saturated heterocycles. The van der Waals surface area contributed by atoms with Crippen LogP contribution in [0.5, 0.6) is 0 Å². The Morgan fingerprint density at radius 3 is 2.53 bits per heavy atom. The van der Waals surface area contributed by atoms with Crippen molar-refractivity contribution in [2.24, 2.45) is 11.8 Å². The highest BCUT2D eigenvalue weighted by Gasteiger charge is 2.34. The second-order valence-electron chi connectivity index (χ2n) is 5.63. The Labute approximate surface area is 114 Å². The standard InChI is InChI=1S/C15H21N3O/c19-15(13-5-9-17-10-6-13)18-14(11-1-2-11)12-3-7-16-8-4-12/h3-4,7-8,11,13-14,17H,1-2,5-6,9-10H2,(H,18,19). The van der Waals surface area contributed by atoms with Gasteiger partial charge in [-0.1, -0.05) is 0 Å². The van der Waals surface area contributed by atoms with Crippen LogP contribution in [-0.2, 0) is 4.79 Å². The molecule has 19 heavy (non-hydrogen) atoms. The first-order valence-electron chi connectivity index (χ1n) is 7.25. The maximum atomic E-state index is 12.4. The van der Waals surface area contributed by atoms with Gasteiger partial charge < -0.3 is 10.6 Å². The number of carbonyl (C=O) groups is 1. The predicted octanol–water partition coefficient (Wildman–Crippen LogP) is 1.65. The van der Waals surface area contributed by atoms with Gasteiger partial charge in [0.05, 0.1) is 6.04 Å². The molecule has 1 unspecified atom stereocenters. The molecule has 102 valence electrons. The predicted molar refractivity (Wildman–Crippen MR) is 73.4 cm³/mol. The zero-order valence-electron chi connectivity index (χ0n) is 11.1. The number of nitrogens with one attached hydrogen (secondary N) is 2. The topological polar surface area (TPSA) is 54.0 Å². The van der Waals surface area contributed by atoms with Crippen molar-refractivity contribution in [3.63, 3.8) is 0 Å². The fraction of sp³-hybridized carbons (Fsp3) is 0.600. The average molecular weight is 259 g/mol. The smallest absolute Gasteiger partial charge is 0.223 e.